The van der Waals surface area contributed by atoms with E-state index in [4.69, 9.17) is 0 Å². The molecule has 26 heavy (non-hydrogen) atoms. The molecule has 136 valence electrons. The van der Waals surface area contributed by atoms with Gasteiger partial charge in [0.2, 0.25) is 5.91 Å². The Morgan fingerprint density at radius 2 is 1.85 bits per heavy atom. The van der Waals surface area contributed by atoms with Gasteiger partial charge in [-0.3, -0.25) is 14.6 Å². The molecule has 0 bridgehead atoms. The number of amides is 2. The first-order chi connectivity index (χ1) is 12.5. The van der Waals surface area contributed by atoms with Crippen molar-refractivity contribution < 1.29 is 9.59 Å². The second kappa shape index (κ2) is 8.13. The Hall–Kier alpha value is -2.69. The molecule has 0 spiro atoms. The Balaban J connectivity index is 1.57. The van der Waals surface area contributed by atoms with E-state index >= 15 is 0 Å². The summed E-state index contributed by atoms with van der Waals surface area (Å²) in [5, 5.41) is 6.04. The number of rotatable bonds is 5. The van der Waals surface area contributed by atoms with Crippen LogP contribution in [0.4, 0.5) is 0 Å². The fourth-order valence-electron chi connectivity index (χ4n) is 3.44. The van der Waals surface area contributed by atoms with Crippen molar-refractivity contribution in [2.45, 2.75) is 45.7 Å². The first kappa shape index (κ1) is 18.1. The fraction of sp³-hybridized carbons (Fsp3) is 0.381. The van der Waals surface area contributed by atoms with Crippen LogP contribution in [0.5, 0.6) is 0 Å². The molecule has 1 aliphatic carbocycles. The molecule has 2 amide bonds. The Bertz CT molecular complexity index is 789. The zero-order valence-corrected chi connectivity index (χ0v) is 15.3. The van der Waals surface area contributed by atoms with Gasteiger partial charge in [-0.1, -0.05) is 24.6 Å². The summed E-state index contributed by atoms with van der Waals surface area (Å²) in [6, 6.07) is 9.46. The van der Waals surface area contributed by atoms with E-state index in [1.165, 1.54) is 11.1 Å². The summed E-state index contributed by atoms with van der Waals surface area (Å²) in [4.78, 5) is 28.9. The van der Waals surface area contributed by atoms with Crippen molar-refractivity contribution in [3.63, 3.8) is 0 Å². The lowest BCUT2D eigenvalue weighted by atomic mass is 10.0. The van der Waals surface area contributed by atoms with Gasteiger partial charge in [0.25, 0.3) is 5.91 Å². The minimum Gasteiger partial charge on any atom is -0.352 e. The van der Waals surface area contributed by atoms with Crippen LogP contribution in [0, 0.1) is 19.8 Å². The smallest absolute Gasteiger partial charge is 0.251 e. The number of pyridine rings is 1. The molecule has 1 aromatic heterocycles. The Labute approximate surface area is 154 Å². The number of hydrogen-bond acceptors (Lipinski definition) is 3. The first-order valence-corrected chi connectivity index (χ1v) is 9.09. The average Bonchev–Trinajstić information content (AvgIpc) is 3.11. The second-order valence-electron chi connectivity index (χ2n) is 6.99. The number of aromatic nitrogens is 1. The first-order valence-electron chi connectivity index (χ1n) is 9.09. The van der Waals surface area contributed by atoms with Gasteiger partial charge in [0, 0.05) is 30.5 Å². The van der Waals surface area contributed by atoms with E-state index in [-0.39, 0.29) is 23.8 Å². The van der Waals surface area contributed by atoms with Crippen molar-refractivity contribution >= 4 is 11.8 Å². The van der Waals surface area contributed by atoms with Crippen molar-refractivity contribution in [2.75, 3.05) is 0 Å². The number of nitrogens with one attached hydrogen (secondary N) is 2. The maximum absolute atomic E-state index is 12.6. The third-order valence-electron chi connectivity index (χ3n) is 5.15. The minimum atomic E-state index is -0.174. The van der Waals surface area contributed by atoms with Crippen molar-refractivity contribution in [1.82, 2.24) is 15.6 Å². The van der Waals surface area contributed by atoms with Crippen molar-refractivity contribution in [3.05, 3.63) is 65.0 Å². The molecule has 3 rings (SSSR count). The maximum atomic E-state index is 12.6. The highest BCUT2D eigenvalue weighted by atomic mass is 16.2. The zero-order valence-electron chi connectivity index (χ0n) is 15.3. The number of nitrogens with zero attached hydrogens (tertiary/aromatic N) is 1. The third kappa shape index (κ3) is 4.28. The number of aryl methyl sites for hydroxylation is 2. The predicted molar refractivity (Wildman–Crippen MR) is 101 cm³/mol. The van der Waals surface area contributed by atoms with Gasteiger partial charge in [-0.15, -0.1) is 0 Å². The predicted octanol–water partition coefficient (Wildman–Crippen LogP) is 2.91. The summed E-state index contributed by atoms with van der Waals surface area (Å²) in [6.45, 7) is 4.66. The molecule has 0 saturated heterocycles. The molecule has 2 N–H and O–H groups in total. The van der Waals surface area contributed by atoms with Crippen LogP contribution >= 0.6 is 0 Å². The highest BCUT2D eigenvalue weighted by Gasteiger charge is 2.34. The van der Waals surface area contributed by atoms with E-state index in [2.05, 4.69) is 41.6 Å². The standard InChI is InChI=1S/C21H25N3O2/c1-14-6-7-16(12-15(14)2)13-23-21(26)18-4-3-5-19(18)24-20(25)17-8-10-22-11-9-17/h6-12,18-19H,3-5,13H2,1-2H3,(H,23,26)(H,24,25)/t18-,19+/m0/s1. The van der Waals surface area contributed by atoms with E-state index < -0.39 is 0 Å². The second-order valence-corrected chi connectivity index (χ2v) is 6.99. The molecule has 1 aliphatic rings. The number of carbonyl (C=O) groups excluding carboxylic acids is 2. The van der Waals surface area contributed by atoms with Crippen LogP contribution in [-0.4, -0.2) is 22.8 Å². The SMILES string of the molecule is Cc1ccc(CNC(=O)[C@H]2CCC[C@H]2NC(=O)c2ccncc2)cc1C. The van der Waals surface area contributed by atoms with E-state index in [1.807, 2.05) is 6.07 Å². The van der Waals surface area contributed by atoms with Crippen LogP contribution in [0.15, 0.2) is 42.7 Å². The van der Waals surface area contributed by atoms with Gasteiger partial charge in [-0.2, -0.15) is 0 Å². The average molecular weight is 351 g/mol. The molecular formula is C21H25N3O2. The Morgan fingerprint density at radius 3 is 2.58 bits per heavy atom. The highest BCUT2D eigenvalue weighted by Crippen LogP contribution is 2.26. The zero-order chi connectivity index (χ0) is 18.5. The van der Waals surface area contributed by atoms with E-state index in [9.17, 15) is 9.59 Å². The quantitative estimate of drug-likeness (QED) is 0.870. The summed E-state index contributed by atoms with van der Waals surface area (Å²) in [5.74, 6) is -0.306. The highest BCUT2D eigenvalue weighted by molar-refractivity contribution is 5.94. The Kier molecular flexibility index (Phi) is 5.66. The van der Waals surface area contributed by atoms with Crippen LogP contribution in [0.2, 0.25) is 0 Å². The lowest BCUT2D eigenvalue weighted by Crippen LogP contribution is -2.43. The largest absolute Gasteiger partial charge is 0.352 e. The van der Waals surface area contributed by atoms with E-state index in [0.717, 1.165) is 24.8 Å². The van der Waals surface area contributed by atoms with Crippen LogP contribution < -0.4 is 10.6 Å². The minimum absolute atomic E-state index is 0.0146. The fourth-order valence-corrected chi connectivity index (χ4v) is 3.44. The molecule has 0 unspecified atom stereocenters. The summed E-state index contributed by atoms with van der Waals surface area (Å²) in [5.41, 5.74) is 4.13. The molecule has 1 heterocycles. The van der Waals surface area contributed by atoms with Gasteiger partial charge in [0.15, 0.2) is 0 Å². The molecule has 2 aromatic rings. The molecule has 1 aromatic carbocycles. The summed E-state index contributed by atoms with van der Waals surface area (Å²) in [6.07, 6.45) is 5.77. The summed E-state index contributed by atoms with van der Waals surface area (Å²) in [7, 11) is 0. The normalized spacial score (nSPS) is 19.2. The number of benzene rings is 1. The van der Waals surface area contributed by atoms with Gasteiger partial charge >= 0.3 is 0 Å². The third-order valence-corrected chi connectivity index (χ3v) is 5.15. The van der Waals surface area contributed by atoms with Crippen molar-refractivity contribution in [3.8, 4) is 0 Å². The van der Waals surface area contributed by atoms with Crippen LogP contribution in [0.3, 0.4) is 0 Å². The topological polar surface area (TPSA) is 71.1 Å². The van der Waals surface area contributed by atoms with Crippen LogP contribution in [-0.2, 0) is 11.3 Å². The maximum Gasteiger partial charge on any atom is 0.251 e. The summed E-state index contributed by atoms with van der Waals surface area (Å²) < 4.78 is 0. The monoisotopic (exact) mass is 351 g/mol. The van der Waals surface area contributed by atoms with Gasteiger partial charge in [-0.05, 0) is 55.5 Å². The molecule has 2 atom stereocenters. The van der Waals surface area contributed by atoms with Crippen molar-refractivity contribution in [2.24, 2.45) is 5.92 Å². The van der Waals surface area contributed by atoms with E-state index in [1.54, 1.807) is 24.5 Å². The Morgan fingerprint density at radius 1 is 1.08 bits per heavy atom. The van der Waals surface area contributed by atoms with E-state index in [0.29, 0.717) is 12.1 Å². The molecule has 0 radical (unpaired) electrons. The molecule has 1 saturated carbocycles. The lowest BCUT2D eigenvalue weighted by Gasteiger charge is -2.20. The van der Waals surface area contributed by atoms with Gasteiger partial charge in [0.05, 0.1) is 5.92 Å². The van der Waals surface area contributed by atoms with Crippen molar-refractivity contribution in [1.29, 1.82) is 0 Å². The van der Waals surface area contributed by atoms with Gasteiger partial charge in [-0.25, -0.2) is 0 Å². The molecule has 1 fully saturated rings. The van der Waals surface area contributed by atoms with Gasteiger partial charge in [0.1, 0.15) is 0 Å². The van der Waals surface area contributed by atoms with Crippen LogP contribution in [0.25, 0.3) is 0 Å². The summed E-state index contributed by atoms with van der Waals surface area (Å²) >= 11 is 0. The molecular weight excluding hydrogens is 326 g/mol. The molecule has 5 nitrogen and oxygen atoms in total. The lowest BCUT2D eigenvalue weighted by molar-refractivity contribution is -0.125. The molecule has 5 heteroatoms. The number of carbonyl (C=O) groups is 2. The molecule has 0 aliphatic heterocycles. The number of hydrogen-bond donors (Lipinski definition) is 2. The van der Waals surface area contributed by atoms with Gasteiger partial charge < -0.3 is 10.6 Å². The van der Waals surface area contributed by atoms with Crippen LogP contribution in [0.1, 0.15) is 46.3 Å².